The first-order chi connectivity index (χ1) is 9.45. The van der Waals surface area contributed by atoms with Crippen molar-refractivity contribution in [1.29, 1.82) is 0 Å². The van der Waals surface area contributed by atoms with E-state index in [0.29, 0.717) is 0 Å². The van der Waals surface area contributed by atoms with Crippen LogP contribution in [0, 0.1) is 20.8 Å². The van der Waals surface area contributed by atoms with Crippen molar-refractivity contribution in [1.82, 2.24) is 0 Å². The number of aryl methyl sites for hydroxylation is 2. The molecule has 0 saturated heterocycles. The van der Waals surface area contributed by atoms with E-state index in [1.165, 1.54) is 5.56 Å². The molecule has 108 valence electrons. The number of allylic oxidation sites excluding steroid dienone is 6. The number of aliphatic hydroxyl groups is 1. The van der Waals surface area contributed by atoms with Crippen LogP contribution in [0.1, 0.15) is 36.5 Å². The number of rotatable bonds is 5. The van der Waals surface area contributed by atoms with Gasteiger partial charge < -0.3 is 9.52 Å². The fraction of sp³-hybridized carbons (Fsp3) is 0.333. The zero-order valence-corrected chi connectivity index (χ0v) is 13.0. The number of hydrogen-bond donors (Lipinski definition) is 1. The minimum absolute atomic E-state index is 0.0805. The molecule has 0 unspecified atom stereocenters. The summed E-state index contributed by atoms with van der Waals surface area (Å²) in [6.45, 7) is 10.2. The third kappa shape index (κ3) is 4.71. The van der Waals surface area contributed by atoms with Crippen LogP contribution in [0.25, 0.3) is 6.08 Å². The fourth-order valence-corrected chi connectivity index (χ4v) is 1.89. The number of hydrogen-bond acceptors (Lipinski definition) is 2. The molecule has 0 aliphatic rings. The van der Waals surface area contributed by atoms with Crippen LogP contribution in [0.15, 0.2) is 45.9 Å². The first-order valence-electron chi connectivity index (χ1n) is 6.83. The summed E-state index contributed by atoms with van der Waals surface area (Å²) >= 11 is 0. The molecule has 20 heavy (non-hydrogen) atoms. The first kappa shape index (κ1) is 16.3. The Morgan fingerprint density at radius 3 is 2.30 bits per heavy atom. The third-order valence-electron chi connectivity index (χ3n) is 3.26. The van der Waals surface area contributed by atoms with Crippen LogP contribution in [0.5, 0.6) is 0 Å². The molecule has 2 nitrogen and oxygen atoms in total. The minimum Gasteiger partial charge on any atom is -0.466 e. The van der Waals surface area contributed by atoms with Gasteiger partial charge in [0.25, 0.3) is 0 Å². The highest BCUT2D eigenvalue weighted by Crippen LogP contribution is 2.22. The molecule has 0 aliphatic carbocycles. The van der Waals surface area contributed by atoms with Crippen molar-refractivity contribution in [2.75, 3.05) is 6.61 Å². The van der Waals surface area contributed by atoms with E-state index >= 15 is 0 Å². The van der Waals surface area contributed by atoms with Gasteiger partial charge in [-0.1, -0.05) is 47.6 Å². The van der Waals surface area contributed by atoms with E-state index in [-0.39, 0.29) is 6.61 Å². The predicted octanol–water partition coefficient (Wildman–Crippen LogP) is 4.66. The van der Waals surface area contributed by atoms with Crippen LogP contribution in [-0.4, -0.2) is 11.7 Å². The van der Waals surface area contributed by atoms with Gasteiger partial charge in [0.2, 0.25) is 0 Å². The summed E-state index contributed by atoms with van der Waals surface area (Å²) in [5.41, 5.74) is 4.58. The zero-order valence-electron chi connectivity index (χ0n) is 13.0. The van der Waals surface area contributed by atoms with Gasteiger partial charge in [-0.25, -0.2) is 0 Å². The van der Waals surface area contributed by atoms with Crippen molar-refractivity contribution in [3.05, 3.63) is 64.2 Å². The lowest BCUT2D eigenvalue weighted by molar-refractivity contribution is 0.342. The monoisotopic (exact) mass is 272 g/mol. The highest BCUT2D eigenvalue weighted by molar-refractivity contribution is 5.59. The largest absolute Gasteiger partial charge is 0.466 e. The van der Waals surface area contributed by atoms with Gasteiger partial charge in [0.05, 0.1) is 6.61 Å². The average Bonchev–Trinajstić information content (AvgIpc) is 2.61. The highest BCUT2D eigenvalue weighted by atomic mass is 16.3. The Morgan fingerprint density at radius 1 is 1.05 bits per heavy atom. The molecular formula is C18H24O2. The Balaban J connectivity index is 2.77. The van der Waals surface area contributed by atoms with Crippen molar-refractivity contribution in [3.63, 3.8) is 0 Å². The van der Waals surface area contributed by atoms with Gasteiger partial charge in [-0.2, -0.15) is 0 Å². The summed E-state index contributed by atoms with van der Waals surface area (Å²) in [5, 5.41) is 8.76. The maximum atomic E-state index is 8.76. The molecule has 0 aromatic carbocycles. The van der Waals surface area contributed by atoms with Gasteiger partial charge in [0.15, 0.2) is 0 Å². The second-order valence-corrected chi connectivity index (χ2v) is 4.99. The van der Waals surface area contributed by atoms with Gasteiger partial charge in [0, 0.05) is 5.56 Å². The smallest absolute Gasteiger partial charge is 0.108 e. The van der Waals surface area contributed by atoms with Gasteiger partial charge in [0.1, 0.15) is 11.5 Å². The van der Waals surface area contributed by atoms with Crippen LogP contribution >= 0.6 is 0 Å². The molecule has 0 radical (unpaired) electrons. The topological polar surface area (TPSA) is 33.4 Å². The van der Waals surface area contributed by atoms with Crippen LogP contribution in [-0.2, 0) is 0 Å². The van der Waals surface area contributed by atoms with Gasteiger partial charge in [-0.15, -0.1) is 0 Å². The third-order valence-corrected chi connectivity index (χ3v) is 3.26. The molecule has 1 aromatic rings. The Bertz CT molecular complexity index is 566. The van der Waals surface area contributed by atoms with Crippen LogP contribution in [0.3, 0.4) is 0 Å². The minimum atomic E-state index is 0.0805. The molecule has 2 heteroatoms. The molecule has 0 spiro atoms. The molecule has 1 rings (SSSR count). The molecule has 0 atom stereocenters. The summed E-state index contributed by atoms with van der Waals surface area (Å²) < 4.78 is 5.60. The maximum Gasteiger partial charge on any atom is 0.108 e. The normalized spacial score (nSPS) is 13.9. The number of aliphatic hydroxyl groups excluding tert-OH is 1. The second kappa shape index (κ2) is 7.71. The molecule has 1 aromatic heterocycles. The van der Waals surface area contributed by atoms with Crippen molar-refractivity contribution >= 4 is 6.08 Å². The van der Waals surface area contributed by atoms with E-state index in [1.54, 1.807) is 6.08 Å². The van der Waals surface area contributed by atoms with Crippen molar-refractivity contribution in [2.45, 2.75) is 34.6 Å². The Hall–Kier alpha value is -1.80. The fourth-order valence-electron chi connectivity index (χ4n) is 1.89. The average molecular weight is 272 g/mol. The molecule has 0 amide bonds. The van der Waals surface area contributed by atoms with Crippen LogP contribution in [0.4, 0.5) is 0 Å². The summed E-state index contributed by atoms with van der Waals surface area (Å²) in [7, 11) is 0. The Kier molecular flexibility index (Phi) is 6.26. The van der Waals surface area contributed by atoms with Gasteiger partial charge in [-0.05, 0) is 40.2 Å². The standard InChI is InChI=1S/C18H24O2/c1-13(7-6-8-14(2)11-12-19)9-10-18-15(3)16(4)20-17(18)5/h6-11,19H,12H2,1-5H3. The summed E-state index contributed by atoms with van der Waals surface area (Å²) in [6.07, 6.45) is 12.0. The Labute approximate surface area is 121 Å². The van der Waals surface area contributed by atoms with Gasteiger partial charge >= 0.3 is 0 Å². The van der Waals surface area contributed by atoms with Crippen molar-refractivity contribution in [2.24, 2.45) is 0 Å². The lowest BCUT2D eigenvalue weighted by atomic mass is 10.1. The predicted molar refractivity (Wildman–Crippen MR) is 85.7 cm³/mol. The van der Waals surface area contributed by atoms with Gasteiger partial charge in [-0.3, -0.25) is 0 Å². The van der Waals surface area contributed by atoms with E-state index in [4.69, 9.17) is 9.52 Å². The summed E-state index contributed by atoms with van der Waals surface area (Å²) in [5.74, 6) is 1.94. The van der Waals surface area contributed by atoms with E-state index in [9.17, 15) is 0 Å². The van der Waals surface area contributed by atoms with Crippen molar-refractivity contribution < 1.29 is 9.52 Å². The summed E-state index contributed by atoms with van der Waals surface area (Å²) in [4.78, 5) is 0. The quantitative estimate of drug-likeness (QED) is 0.791. The highest BCUT2D eigenvalue weighted by Gasteiger charge is 2.07. The number of furan rings is 1. The molecule has 0 fully saturated rings. The SMILES string of the molecule is CC(C=Cc1c(C)oc(C)c1C)=CC=CC(C)=CCO. The molecule has 1 N–H and O–H groups in total. The Morgan fingerprint density at radius 2 is 1.75 bits per heavy atom. The maximum absolute atomic E-state index is 8.76. The zero-order chi connectivity index (χ0) is 15.1. The first-order valence-corrected chi connectivity index (χ1v) is 6.83. The molecule has 0 bridgehead atoms. The lowest BCUT2D eigenvalue weighted by Gasteiger charge is -1.93. The van der Waals surface area contributed by atoms with Crippen molar-refractivity contribution in [3.8, 4) is 0 Å². The summed E-state index contributed by atoms with van der Waals surface area (Å²) in [6, 6.07) is 0. The molecule has 0 aliphatic heterocycles. The van der Waals surface area contributed by atoms with E-state index in [1.807, 2.05) is 39.0 Å². The lowest BCUT2D eigenvalue weighted by Crippen LogP contribution is -1.78. The molecular weight excluding hydrogens is 248 g/mol. The van der Waals surface area contributed by atoms with E-state index < -0.39 is 0 Å². The van der Waals surface area contributed by atoms with E-state index in [2.05, 4.69) is 26.0 Å². The molecule has 0 saturated carbocycles. The second-order valence-electron chi connectivity index (χ2n) is 4.99. The van der Waals surface area contributed by atoms with E-state index in [0.717, 1.165) is 28.2 Å². The van der Waals surface area contributed by atoms with Crippen LogP contribution < -0.4 is 0 Å². The van der Waals surface area contributed by atoms with Crippen LogP contribution in [0.2, 0.25) is 0 Å². The molecule has 1 heterocycles.